The van der Waals surface area contributed by atoms with Gasteiger partial charge in [-0.05, 0) is 26.0 Å². The zero-order chi connectivity index (χ0) is 20.4. The Kier molecular flexibility index (Phi) is 5.18. The fraction of sp³-hybridized carbons (Fsp3) is 0.190. The molecule has 0 bridgehead atoms. The van der Waals surface area contributed by atoms with Crippen LogP contribution in [0.2, 0.25) is 0 Å². The van der Waals surface area contributed by atoms with Crippen LogP contribution in [-0.4, -0.2) is 15.4 Å². The first-order valence-electron chi connectivity index (χ1n) is 9.15. The molecule has 2 aromatic heterocycles. The molecule has 0 saturated heterocycles. The highest BCUT2D eigenvalue weighted by molar-refractivity contribution is 5.77. The van der Waals surface area contributed by atoms with Gasteiger partial charge in [0.1, 0.15) is 34.7 Å². The van der Waals surface area contributed by atoms with Crippen LogP contribution in [0.25, 0.3) is 22.7 Å². The van der Waals surface area contributed by atoms with Gasteiger partial charge in [-0.15, -0.1) is 10.2 Å². The predicted molar refractivity (Wildman–Crippen MR) is 100 cm³/mol. The molecule has 29 heavy (non-hydrogen) atoms. The molecule has 0 aliphatic heterocycles. The summed E-state index contributed by atoms with van der Waals surface area (Å²) in [5, 5.41) is 14.2. The first kappa shape index (κ1) is 18.9. The fourth-order valence-electron chi connectivity index (χ4n) is 3.13. The highest BCUT2D eigenvalue weighted by Crippen LogP contribution is 2.33. The van der Waals surface area contributed by atoms with Crippen molar-refractivity contribution in [2.45, 2.75) is 26.4 Å². The van der Waals surface area contributed by atoms with Crippen LogP contribution in [0.15, 0.2) is 57.5 Å². The Bertz CT molecular complexity index is 1120. The molecule has 6 nitrogen and oxygen atoms in total. The molecular weight excluding hydrogens is 378 g/mol. The highest BCUT2D eigenvalue weighted by Gasteiger charge is 2.23. The Morgan fingerprint density at radius 3 is 2.62 bits per heavy atom. The molecule has 0 aliphatic carbocycles. The van der Waals surface area contributed by atoms with Crippen molar-refractivity contribution in [3.05, 3.63) is 77.4 Å². The maximum Gasteiger partial charge on any atom is 0.271 e. The summed E-state index contributed by atoms with van der Waals surface area (Å²) in [5.41, 5.74) is 2.56. The van der Waals surface area contributed by atoms with Crippen LogP contribution < -0.4 is 5.32 Å². The normalized spacial score (nSPS) is 12.3. The molecule has 2 heterocycles. The summed E-state index contributed by atoms with van der Waals surface area (Å²) in [5.74, 6) is 0.0938. The van der Waals surface area contributed by atoms with E-state index in [1.54, 1.807) is 6.92 Å². The average molecular weight is 397 g/mol. The van der Waals surface area contributed by atoms with Crippen LogP contribution in [0, 0.1) is 18.6 Å². The number of nitrogens with two attached hydrogens (primary N) is 1. The largest absolute Gasteiger partial charge is 0.415 e. The van der Waals surface area contributed by atoms with Crippen molar-refractivity contribution >= 4 is 0 Å². The van der Waals surface area contributed by atoms with Crippen LogP contribution in [0.3, 0.4) is 0 Å². The molecule has 0 radical (unpaired) electrons. The van der Waals surface area contributed by atoms with Crippen LogP contribution >= 0.6 is 0 Å². The Morgan fingerprint density at radius 1 is 1.07 bits per heavy atom. The van der Waals surface area contributed by atoms with Crippen molar-refractivity contribution < 1.29 is 23.0 Å². The van der Waals surface area contributed by atoms with E-state index in [0.717, 1.165) is 11.6 Å². The standard InChI is InChI=1S/C21H18F2N4O2/c1-12(16-9-8-15(22)10-17(16)23)24-11-18-25-26-21(28-18)19-13(2)29-27-20(19)14-6-4-3-5-7-14/h3-10,12,24H,11H2,1-2H3/p+1/t12-/m1/s1. The van der Waals surface area contributed by atoms with Crippen molar-refractivity contribution in [1.29, 1.82) is 0 Å². The Morgan fingerprint density at radius 2 is 1.86 bits per heavy atom. The van der Waals surface area contributed by atoms with Crippen LogP contribution in [-0.2, 0) is 6.54 Å². The molecule has 8 heteroatoms. The number of rotatable bonds is 6. The van der Waals surface area contributed by atoms with E-state index in [0.29, 0.717) is 40.9 Å². The van der Waals surface area contributed by atoms with Gasteiger partial charge in [-0.2, -0.15) is 0 Å². The number of nitrogens with zero attached hydrogens (tertiary/aromatic N) is 3. The van der Waals surface area contributed by atoms with Crippen LogP contribution in [0.5, 0.6) is 0 Å². The first-order chi connectivity index (χ1) is 14.0. The summed E-state index contributed by atoms with van der Waals surface area (Å²) in [4.78, 5) is 0. The second-order valence-corrected chi connectivity index (χ2v) is 6.72. The van der Waals surface area contributed by atoms with Crippen molar-refractivity contribution in [2.75, 3.05) is 0 Å². The molecule has 1 atom stereocenters. The molecular formula is C21H19F2N4O2+. The van der Waals surface area contributed by atoms with Crippen LogP contribution in [0.1, 0.15) is 30.2 Å². The van der Waals surface area contributed by atoms with Gasteiger partial charge in [-0.1, -0.05) is 35.5 Å². The van der Waals surface area contributed by atoms with E-state index in [-0.39, 0.29) is 6.04 Å². The monoisotopic (exact) mass is 397 g/mol. The lowest BCUT2D eigenvalue weighted by molar-refractivity contribution is -0.710. The van der Waals surface area contributed by atoms with E-state index in [1.807, 2.05) is 42.6 Å². The van der Waals surface area contributed by atoms with Crippen molar-refractivity contribution in [3.63, 3.8) is 0 Å². The molecule has 4 rings (SSSR count). The number of benzene rings is 2. The second kappa shape index (κ2) is 7.92. The Hall–Kier alpha value is -3.39. The second-order valence-electron chi connectivity index (χ2n) is 6.72. The quantitative estimate of drug-likeness (QED) is 0.535. The molecule has 2 aromatic carbocycles. The molecule has 148 valence electrons. The zero-order valence-electron chi connectivity index (χ0n) is 15.9. The van der Waals surface area contributed by atoms with Gasteiger partial charge in [-0.25, -0.2) is 8.78 Å². The number of hydrogen-bond donors (Lipinski definition) is 1. The lowest BCUT2D eigenvalue weighted by Gasteiger charge is -2.10. The zero-order valence-corrected chi connectivity index (χ0v) is 15.9. The van der Waals surface area contributed by atoms with Crippen LogP contribution in [0.4, 0.5) is 8.78 Å². The first-order valence-corrected chi connectivity index (χ1v) is 9.15. The third-order valence-corrected chi connectivity index (χ3v) is 4.69. The molecule has 0 aliphatic rings. The lowest BCUT2D eigenvalue weighted by Crippen LogP contribution is -2.83. The number of quaternary nitrogens is 1. The summed E-state index contributed by atoms with van der Waals surface area (Å²) < 4.78 is 38.2. The maximum atomic E-state index is 13.9. The average Bonchev–Trinajstić information content (AvgIpc) is 3.33. The van der Waals surface area contributed by atoms with Gasteiger partial charge in [0.2, 0.25) is 0 Å². The van der Waals surface area contributed by atoms with E-state index < -0.39 is 11.6 Å². The molecule has 0 spiro atoms. The molecule has 0 amide bonds. The van der Waals surface area contributed by atoms with Gasteiger partial charge in [-0.3, -0.25) is 0 Å². The van der Waals surface area contributed by atoms with E-state index in [4.69, 9.17) is 8.94 Å². The topological polar surface area (TPSA) is 81.6 Å². The van der Waals surface area contributed by atoms with Gasteiger partial charge >= 0.3 is 0 Å². The van der Waals surface area contributed by atoms with E-state index in [2.05, 4.69) is 15.4 Å². The molecule has 0 fully saturated rings. The van der Waals surface area contributed by atoms with Gasteiger partial charge in [0.15, 0.2) is 6.54 Å². The minimum Gasteiger partial charge on any atom is -0.415 e. The number of hydrogen-bond acceptors (Lipinski definition) is 5. The fourth-order valence-corrected chi connectivity index (χ4v) is 3.13. The number of aromatic nitrogens is 3. The molecule has 2 N–H and O–H groups in total. The van der Waals surface area contributed by atoms with Gasteiger partial charge in [0, 0.05) is 17.2 Å². The number of halogens is 2. The molecule has 0 unspecified atom stereocenters. The number of aryl methyl sites for hydroxylation is 1. The van der Waals surface area contributed by atoms with Gasteiger partial charge in [0.05, 0.1) is 0 Å². The summed E-state index contributed by atoms with van der Waals surface area (Å²) in [7, 11) is 0. The van der Waals surface area contributed by atoms with E-state index in [1.165, 1.54) is 12.1 Å². The predicted octanol–water partition coefficient (Wildman–Crippen LogP) is 3.80. The summed E-state index contributed by atoms with van der Waals surface area (Å²) in [6.45, 7) is 3.95. The molecule has 0 saturated carbocycles. The minimum absolute atomic E-state index is 0.247. The molecule has 4 aromatic rings. The van der Waals surface area contributed by atoms with Crippen molar-refractivity contribution in [3.8, 4) is 22.7 Å². The van der Waals surface area contributed by atoms with Gasteiger partial charge < -0.3 is 14.3 Å². The van der Waals surface area contributed by atoms with E-state index >= 15 is 0 Å². The highest BCUT2D eigenvalue weighted by atomic mass is 19.1. The maximum absolute atomic E-state index is 13.9. The van der Waals surface area contributed by atoms with Gasteiger partial charge in [0.25, 0.3) is 11.8 Å². The van der Waals surface area contributed by atoms with Crippen molar-refractivity contribution in [1.82, 2.24) is 15.4 Å². The Balaban J connectivity index is 1.52. The Labute approximate surface area is 165 Å². The SMILES string of the molecule is Cc1onc(-c2ccccc2)c1-c1nnc(C[NH2+][C@H](C)c2ccc(F)cc2F)o1. The third kappa shape index (κ3) is 3.93. The smallest absolute Gasteiger partial charge is 0.271 e. The summed E-state index contributed by atoms with van der Waals surface area (Å²) in [6.07, 6.45) is 0. The lowest BCUT2D eigenvalue weighted by atomic mass is 10.1. The minimum atomic E-state index is -0.599. The summed E-state index contributed by atoms with van der Waals surface area (Å²) in [6, 6.07) is 12.9. The van der Waals surface area contributed by atoms with E-state index in [9.17, 15) is 8.78 Å². The summed E-state index contributed by atoms with van der Waals surface area (Å²) >= 11 is 0. The third-order valence-electron chi connectivity index (χ3n) is 4.69. The van der Waals surface area contributed by atoms with Crippen molar-refractivity contribution in [2.24, 2.45) is 0 Å².